The van der Waals surface area contributed by atoms with Crippen LogP contribution in [0.4, 0.5) is 17.7 Å². The van der Waals surface area contributed by atoms with E-state index in [1.807, 2.05) is 0 Å². The first-order chi connectivity index (χ1) is 7.56. The quantitative estimate of drug-likeness (QED) is 0.445. The third kappa shape index (κ3) is 1.73. The summed E-state index contributed by atoms with van der Waals surface area (Å²) in [7, 11) is 0. The molecule has 9 heteroatoms. The molecule has 0 radical (unpaired) electrons. The van der Waals surface area contributed by atoms with E-state index in [2.05, 4.69) is 24.9 Å². The van der Waals surface area contributed by atoms with Crippen molar-refractivity contribution in [2.45, 2.75) is 0 Å². The maximum atomic E-state index is 10.9. The van der Waals surface area contributed by atoms with Crippen molar-refractivity contribution in [3.63, 3.8) is 0 Å². The molecule has 16 heavy (non-hydrogen) atoms. The van der Waals surface area contributed by atoms with Gasteiger partial charge in [-0.25, -0.2) is 9.78 Å². The zero-order valence-corrected chi connectivity index (χ0v) is 8.01. The molecule has 0 aromatic carbocycles. The fourth-order valence-electron chi connectivity index (χ4n) is 1.12. The molecule has 0 saturated heterocycles. The molecule has 2 rings (SSSR count). The summed E-state index contributed by atoms with van der Waals surface area (Å²) in [6, 6.07) is 0. The Bertz CT molecular complexity index is 571. The van der Waals surface area contributed by atoms with Gasteiger partial charge in [-0.3, -0.25) is 4.98 Å². The van der Waals surface area contributed by atoms with E-state index in [1.54, 1.807) is 0 Å². The van der Waals surface area contributed by atoms with E-state index in [4.69, 9.17) is 17.2 Å². The number of hydrogen-bond acceptors (Lipinski definition) is 8. The van der Waals surface area contributed by atoms with Crippen LogP contribution in [0.3, 0.4) is 0 Å². The van der Waals surface area contributed by atoms with Crippen LogP contribution < -0.4 is 22.9 Å². The first-order valence-electron chi connectivity index (χ1n) is 4.18. The van der Waals surface area contributed by atoms with Gasteiger partial charge in [0, 0.05) is 6.20 Å². The average molecular weight is 220 g/mol. The predicted molar refractivity (Wildman–Crippen MR) is 56.9 cm³/mol. The van der Waals surface area contributed by atoms with E-state index >= 15 is 0 Å². The minimum atomic E-state index is -0.559. The van der Waals surface area contributed by atoms with E-state index < -0.39 is 5.69 Å². The summed E-state index contributed by atoms with van der Waals surface area (Å²) in [6.07, 6.45) is 1.24. The fourth-order valence-corrected chi connectivity index (χ4v) is 1.12. The van der Waals surface area contributed by atoms with Crippen molar-refractivity contribution in [1.29, 1.82) is 0 Å². The van der Waals surface area contributed by atoms with Crippen LogP contribution in [0.5, 0.6) is 0 Å². The molecule has 0 bridgehead atoms. The van der Waals surface area contributed by atoms with E-state index in [1.165, 1.54) is 6.20 Å². The van der Waals surface area contributed by atoms with Gasteiger partial charge in [0.1, 0.15) is 5.82 Å². The minimum Gasteiger partial charge on any atom is -0.384 e. The molecule has 7 N–H and O–H groups in total. The molecule has 0 atom stereocenters. The number of hydrogen-bond donors (Lipinski definition) is 4. The molecule has 0 aliphatic heterocycles. The van der Waals surface area contributed by atoms with Gasteiger partial charge in [-0.2, -0.15) is 15.0 Å². The lowest BCUT2D eigenvalue weighted by atomic mass is 10.3. The molecule has 2 aromatic heterocycles. The number of nitrogens with one attached hydrogen (secondary N) is 1. The van der Waals surface area contributed by atoms with Crippen LogP contribution in [-0.2, 0) is 0 Å². The molecule has 0 spiro atoms. The SMILES string of the molecule is Nc1nc(N)nc(-c2cnc(=O)[nH]c2N)n1. The molecule has 0 amide bonds. The zero-order valence-electron chi connectivity index (χ0n) is 8.01. The molecular weight excluding hydrogens is 212 g/mol. The lowest BCUT2D eigenvalue weighted by Gasteiger charge is -2.03. The predicted octanol–water partition coefficient (Wildman–Crippen LogP) is -1.63. The van der Waals surface area contributed by atoms with Gasteiger partial charge in [0.25, 0.3) is 0 Å². The highest BCUT2D eigenvalue weighted by Gasteiger charge is 2.09. The smallest absolute Gasteiger partial charge is 0.346 e. The van der Waals surface area contributed by atoms with Crippen molar-refractivity contribution in [3.05, 3.63) is 16.7 Å². The number of aromatic nitrogens is 5. The summed E-state index contributed by atoms with van der Waals surface area (Å²) in [4.78, 5) is 27.9. The van der Waals surface area contributed by atoms with Crippen LogP contribution in [0, 0.1) is 0 Å². The van der Waals surface area contributed by atoms with Crippen LogP contribution >= 0.6 is 0 Å². The molecule has 0 aliphatic rings. The second-order valence-corrected chi connectivity index (χ2v) is 2.89. The van der Waals surface area contributed by atoms with E-state index in [0.29, 0.717) is 5.56 Å². The van der Waals surface area contributed by atoms with Crippen molar-refractivity contribution in [2.75, 3.05) is 17.2 Å². The maximum absolute atomic E-state index is 10.9. The van der Waals surface area contributed by atoms with Crippen molar-refractivity contribution in [3.8, 4) is 11.4 Å². The molecule has 0 fully saturated rings. The monoisotopic (exact) mass is 220 g/mol. The number of anilines is 3. The molecular formula is C7H8N8O. The number of nitrogens with zero attached hydrogens (tertiary/aromatic N) is 4. The number of rotatable bonds is 1. The number of nitrogen functional groups attached to an aromatic ring is 3. The molecule has 9 nitrogen and oxygen atoms in total. The normalized spacial score (nSPS) is 10.2. The Morgan fingerprint density at radius 3 is 2.25 bits per heavy atom. The molecule has 0 saturated carbocycles. The summed E-state index contributed by atoms with van der Waals surface area (Å²) in [5.41, 5.74) is 16.2. The van der Waals surface area contributed by atoms with Gasteiger partial charge in [0.15, 0.2) is 5.82 Å². The lowest BCUT2D eigenvalue weighted by molar-refractivity contribution is 1.05. The third-order valence-corrected chi connectivity index (χ3v) is 1.75. The minimum absolute atomic E-state index is 0.0342. The Balaban J connectivity index is 2.62. The molecule has 82 valence electrons. The summed E-state index contributed by atoms with van der Waals surface area (Å²) < 4.78 is 0. The zero-order chi connectivity index (χ0) is 11.7. The molecule has 2 aromatic rings. The van der Waals surface area contributed by atoms with Gasteiger partial charge in [-0.1, -0.05) is 0 Å². The second kappa shape index (κ2) is 3.46. The van der Waals surface area contributed by atoms with E-state index in [-0.39, 0.29) is 23.5 Å². The Morgan fingerprint density at radius 1 is 1.06 bits per heavy atom. The Morgan fingerprint density at radius 2 is 1.69 bits per heavy atom. The van der Waals surface area contributed by atoms with Crippen molar-refractivity contribution in [2.24, 2.45) is 0 Å². The maximum Gasteiger partial charge on any atom is 0.346 e. The Labute approximate surface area is 88.8 Å². The van der Waals surface area contributed by atoms with Gasteiger partial charge in [0.2, 0.25) is 11.9 Å². The Kier molecular flexibility index (Phi) is 2.12. The molecule has 0 unspecified atom stereocenters. The van der Waals surface area contributed by atoms with Crippen LogP contribution in [0.2, 0.25) is 0 Å². The summed E-state index contributed by atoms with van der Waals surface area (Å²) in [6.45, 7) is 0. The van der Waals surface area contributed by atoms with Gasteiger partial charge in [0.05, 0.1) is 5.56 Å². The third-order valence-electron chi connectivity index (χ3n) is 1.75. The average Bonchev–Trinajstić information content (AvgIpc) is 2.15. The summed E-state index contributed by atoms with van der Waals surface area (Å²) in [5.74, 6) is 0.178. The number of H-pyrrole nitrogens is 1. The number of aromatic amines is 1. The highest BCUT2D eigenvalue weighted by Crippen LogP contribution is 2.18. The topological polar surface area (TPSA) is 162 Å². The first-order valence-corrected chi connectivity index (χ1v) is 4.18. The summed E-state index contributed by atoms with van der Waals surface area (Å²) >= 11 is 0. The van der Waals surface area contributed by atoms with Gasteiger partial charge < -0.3 is 17.2 Å². The van der Waals surface area contributed by atoms with Gasteiger partial charge in [-0.05, 0) is 0 Å². The largest absolute Gasteiger partial charge is 0.384 e. The van der Waals surface area contributed by atoms with Crippen molar-refractivity contribution >= 4 is 17.7 Å². The molecule has 2 heterocycles. The van der Waals surface area contributed by atoms with Crippen LogP contribution in [0.1, 0.15) is 0 Å². The van der Waals surface area contributed by atoms with E-state index in [0.717, 1.165) is 0 Å². The standard InChI is InChI=1S/C7H8N8O/c8-3-2(1-11-7(16)12-3)4-13-5(9)15-6(10)14-4/h1H,(H3,8,11,12,16)(H4,9,10,13,14,15). The lowest BCUT2D eigenvalue weighted by Crippen LogP contribution is -2.14. The van der Waals surface area contributed by atoms with Gasteiger partial charge in [-0.15, -0.1) is 0 Å². The van der Waals surface area contributed by atoms with Crippen molar-refractivity contribution in [1.82, 2.24) is 24.9 Å². The fraction of sp³-hybridized carbons (Fsp3) is 0. The first kappa shape index (κ1) is 9.83. The Hall–Kier alpha value is -2.71. The van der Waals surface area contributed by atoms with E-state index in [9.17, 15) is 4.79 Å². The number of nitrogens with two attached hydrogens (primary N) is 3. The molecule has 0 aliphatic carbocycles. The van der Waals surface area contributed by atoms with Crippen molar-refractivity contribution < 1.29 is 0 Å². The van der Waals surface area contributed by atoms with Crippen LogP contribution in [0.15, 0.2) is 11.0 Å². The summed E-state index contributed by atoms with van der Waals surface area (Å²) in [5, 5.41) is 0. The highest BCUT2D eigenvalue weighted by molar-refractivity contribution is 5.67. The van der Waals surface area contributed by atoms with Gasteiger partial charge >= 0.3 is 5.69 Å². The van der Waals surface area contributed by atoms with Crippen LogP contribution in [-0.4, -0.2) is 24.9 Å². The highest BCUT2D eigenvalue weighted by atomic mass is 16.1. The second-order valence-electron chi connectivity index (χ2n) is 2.89. The van der Waals surface area contributed by atoms with Crippen LogP contribution in [0.25, 0.3) is 11.4 Å².